The molecule has 2 amide bonds. The van der Waals surface area contributed by atoms with E-state index in [1.807, 2.05) is 4.90 Å². The fourth-order valence-electron chi connectivity index (χ4n) is 5.99. The lowest BCUT2D eigenvalue weighted by Gasteiger charge is -2.31. The third kappa shape index (κ3) is 15.8. The van der Waals surface area contributed by atoms with Gasteiger partial charge in [0.05, 0.1) is 11.8 Å². The highest BCUT2D eigenvalue weighted by Crippen LogP contribution is 2.39. The number of anilines is 3. The normalized spacial score (nSPS) is 21.7. The zero-order valence-corrected chi connectivity index (χ0v) is 30.4. The molecule has 12 nitrogen and oxygen atoms in total. The number of carbonyl (C=O) groups excluding carboxylic acids is 2. The first kappa shape index (κ1) is 41.9. The minimum absolute atomic E-state index is 0.0336. The largest absolute Gasteiger partial charge is 0.444 e. The van der Waals surface area contributed by atoms with E-state index in [2.05, 4.69) is 36.2 Å². The first-order valence-corrected chi connectivity index (χ1v) is 17.7. The Labute approximate surface area is 296 Å². The topological polar surface area (TPSA) is 143 Å². The summed E-state index contributed by atoms with van der Waals surface area (Å²) in [6.07, 6.45) is -7.89. The molecular formula is C33H54F6N8O4. The van der Waals surface area contributed by atoms with Gasteiger partial charge in [0.25, 0.3) is 0 Å². The van der Waals surface area contributed by atoms with Crippen molar-refractivity contribution >= 4 is 30.0 Å². The highest BCUT2D eigenvalue weighted by Gasteiger charge is 2.42. The molecule has 3 rings (SSSR count). The second-order valence-electron chi connectivity index (χ2n) is 15.3. The SMILES string of the molecule is CC(C)(C)OC(=O)NCCCN(CCCNC(=O)OC(C)(C)C)c1nc(NC2CCC(C(F)(F)F)CC2)nc(NC2CCC(C(F)(F)F)CC2)n1. The minimum atomic E-state index is -4.26. The summed E-state index contributed by atoms with van der Waals surface area (Å²) in [6, 6.07) is -0.642. The molecule has 0 aromatic carbocycles. The molecule has 0 bridgehead atoms. The minimum Gasteiger partial charge on any atom is -0.444 e. The lowest BCUT2D eigenvalue weighted by atomic mass is 9.85. The predicted octanol–water partition coefficient (Wildman–Crippen LogP) is 7.57. The monoisotopic (exact) mass is 740 g/mol. The van der Waals surface area contributed by atoms with Gasteiger partial charge in [-0.25, -0.2) is 9.59 Å². The van der Waals surface area contributed by atoms with Crippen LogP contribution < -0.4 is 26.2 Å². The molecule has 2 aliphatic rings. The second-order valence-corrected chi connectivity index (χ2v) is 15.3. The molecule has 0 spiro atoms. The summed E-state index contributed by atoms with van der Waals surface area (Å²) >= 11 is 0. The molecule has 4 N–H and O–H groups in total. The van der Waals surface area contributed by atoms with E-state index in [0.717, 1.165) is 0 Å². The average molecular weight is 741 g/mol. The predicted molar refractivity (Wildman–Crippen MR) is 181 cm³/mol. The molecule has 2 fully saturated rings. The summed E-state index contributed by atoms with van der Waals surface area (Å²) in [5.41, 5.74) is -1.35. The summed E-state index contributed by atoms with van der Waals surface area (Å²) in [6.45, 7) is 11.7. The van der Waals surface area contributed by atoms with E-state index in [0.29, 0.717) is 25.9 Å². The third-order valence-electron chi connectivity index (χ3n) is 8.50. The van der Waals surface area contributed by atoms with E-state index in [1.54, 1.807) is 41.5 Å². The average Bonchev–Trinajstić information content (AvgIpc) is 2.98. The van der Waals surface area contributed by atoms with Crippen LogP contribution in [-0.2, 0) is 9.47 Å². The van der Waals surface area contributed by atoms with Crippen LogP contribution >= 0.6 is 0 Å². The van der Waals surface area contributed by atoms with Gasteiger partial charge in [0, 0.05) is 38.3 Å². The van der Waals surface area contributed by atoms with Gasteiger partial charge in [0.1, 0.15) is 11.2 Å². The quantitative estimate of drug-likeness (QED) is 0.118. The number of ether oxygens (including phenoxy) is 2. The van der Waals surface area contributed by atoms with Crippen LogP contribution in [0.4, 0.5) is 53.8 Å². The van der Waals surface area contributed by atoms with Crippen LogP contribution in [0.3, 0.4) is 0 Å². The van der Waals surface area contributed by atoms with Crippen molar-refractivity contribution < 1.29 is 45.4 Å². The van der Waals surface area contributed by atoms with Crippen LogP contribution in [0, 0.1) is 11.8 Å². The van der Waals surface area contributed by atoms with Crippen molar-refractivity contribution in [3.63, 3.8) is 0 Å². The van der Waals surface area contributed by atoms with Crippen LogP contribution in [0.5, 0.6) is 0 Å². The number of nitrogens with one attached hydrogen (secondary N) is 4. The molecule has 0 unspecified atom stereocenters. The van der Waals surface area contributed by atoms with Crippen molar-refractivity contribution in [2.45, 2.75) is 141 Å². The Morgan fingerprint density at radius 3 is 1.29 bits per heavy atom. The molecule has 0 aliphatic heterocycles. The van der Waals surface area contributed by atoms with Crippen molar-refractivity contribution in [1.29, 1.82) is 0 Å². The van der Waals surface area contributed by atoms with Crippen LogP contribution in [0.2, 0.25) is 0 Å². The Hall–Kier alpha value is -3.47. The maximum absolute atomic E-state index is 13.3. The van der Waals surface area contributed by atoms with Crippen LogP contribution in [-0.4, -0.2) is 89.0 Å². The smallest absolute Gasteiger partial charge is 0.407 e. The van der Waals surface area contributed by atoms with Crippen LogP contribution in [0.15, 0.2) is 0 Å². The molecule has 2 saturated carbocycles. The fourth-order valence-corrected chi connectivity index (χ4v) is 5.99. The van der Waals surface area contributed by atoms with Crippen molar-refractivity contribution in [2.24, 2.45) is 11.8 Å². The molecule has 1 aromatic heterocycles. The fraction of sp³-hybridized carbons (Fsp3) is 0.848. The van der Waals surface area contributed by atoms with E-state index < -0.39 is 47.6 Å². The maximum atomic E-state index is 13.3. The number of hydrogen-bond donors (Lipinski definition) is 4. The zero-order chi connectivity index (χ0) is 38.0. The third-order valence-corrected chi connectivity index (χ3v) is 8.50. The first-order chi connectivity index (χ1) is 23.6. The number of amides is 2. The number of alkyl carbamates (subject to hydrolysis) is 2. The van der Waals surface area contributed by atoms with Gasteiger partial charge in [0.2, 0.25) is 17.8 Å². The molecule has 2 aliphatic carbocycles. The zero-order valence-electron chi connectivity index (χ0n) is 30.4. The van der Waals surface area contributed by atoms with Gasteiger partial charge in [-0.3, -0.25) is 0 Å². The van der Waals surface area contributed by atoms with Gasteiger partial charge < -0.3 is 35.6 Å². The van der Waals surface area contributed by atoms with Crippen LogP contribution in [0.25, 0.3) is 0 Å². The standard InChI is InChI=1S/C33H54F6N8O4/c1-30(2,3)50-28(48)40-17-7-19-47(20-8-18-41-29(49)51-31(4,5)6)27-45-25(42-23-13-9-21(10-14-23)32(34,35)36)44-26(46-27)43-24-15-11-22(12-16-24)33(37,38)39/h21-24H,7-20H2,1-6H3,(H,40,48)(H,41,49)(H2,42,43,44,45,46). The Kier molecular flexibility index (Phi) is 14.7. The van der Waals surface area contributed by atoms with E-state index >= 15 is 0 Å². The van der Waals surface area contributed by atoms with Gasteiger partial charge in [-0.2, -0.15) is 41.3 Å². The highest BCUT2D eigenvalue weighted by molar-refractivity contribution is 5.68. The number of rotatable bonds is 13. The summed E-state index contributed by atoms with van der Waals surface area (Å²) in [7, 11) is 0. The lowest BCUT2D eigenvalue weighted by molar-refractivity contribution is -0.182. The van der Waals surface area contributed by atoms with Crippen molar-refractivity contribution in [2.75, 3.05) is 41.7 Å². The molecular weight excluding hydrogens is 686 g/mol. The van der Waals surface area contributed by atoms with E-state index in [1.165, 1.54) is 0 Å². The molecule has 0 radical (unpaired) electrons. The van der Waals surface area contributed by atoms with Gasteiger partial charge in [0.15, 0.2) is 0 Å². The maximum Gasteiger partial charge on any atom is 0.407 e. The Balaban J connectivity index is 1.79. The highest BCUT2D eigenvalue weighted by atomic mass is 19.4. The van der Waals surface area contributed by atoms with Crippen molar-refractivity contribution in [3.8, 4) is 0 Å². The van der Waals surface area contributed by atoms with Crippen molar-refractivity contribution in [3.05, 3.63) is 0 Å². The number of halogens is 6. The van der Waals surface area contributed by atoms with Gasteiger partial charge >= 0.3 is 24.5 Å². The second kappa shape index (κ2) is 17.8. The van der Waals surface area contributed by atoms with E-state index in [-0.39, 0.29) is 94.4 Å². The molecule has 0 saturated heterocycles. The Morgan fingerprint density at radius 2 is 0.980 bits per heavy atom. The number of alkyl halides is 6. The lowest BCUT2D eigenvalue weighted by Crippen LogP contribution is -2.37. The Morgan fingerprint density at radius 1 is 0.627 bits per heavy atom. The molecule has 51 heavy (non-hydrogen) atoms. The van der Waals surface area contributed by atoms with E-state index in [4.69, 9.17) is 9.47 Å². The summed E-state index contributed by atoms with van der Waals surface area (Å²) < 4.78 is 90.4. The van der Waals surface area contributed by atoms with Gasteiger partial charge in [-0.05, 0) is 106 Å². The number of carbonyl (C=O) groups is 2. The summed E-state index contributed by atoms with van der Waals surface area (Å²) in [5, 5.41) is 11.8. The first-order valence-electron chi connectivity index (χ1n) is 17.7. The molecule has 292 valence electrons. The van der Waals surface area contributed by atoms with Crippen molar-refractivity contribution in [1.82, 2.24) is 25.6 Å². The summed E-state index contributed by atoms with van der Waals surface area (Å²) in [4.78, 5) is 39.9. The Bertz CT molecular complexity index is 1170. The number of aromatic nitrogens is 3. The van der Waals surface area contributed by atoms with Gasteiger partial charge in [-0.15, -0.1) is 0 Å². The number of nitrogens with zero attached hydrogens (tertiary/aromatic N) is 4. The van der Waals surface area contributed by atoms with Gasteiger partial charge in [-0.1, -0.05) is 0 Å². The van der Waals surface area contributed by atoms with Crippen LogP contribution in [0.1, 0.15) is 106 Å². The molecule has 18 heteroatoms. The molecule has 1 heterocycles. The number of hydrogen-bond acceptors (Lipinski definition) is 10. The summed E-state index contributed by atoms with van der Waals surface area (Å²) in [5.74, 6) is -2.26. The van der Waals surface area contributed by atoms with E-state index in [9.17, 15) is 35.9 Å². The molecule has 1 aromatic rings. The molecule has 0 atom stereocenters.